The van der Waals surface area contributed by atoms with Gasteiger partial charge < -0.3 is 14.8 Å². The number of ether oxygens (including phenoxy) is 2. The zero-order valence-electron chi connectivity index (χ0n) is 12.7. The van der Waals surface area contributed by atoms with Crippen LogP contribution in [0.2, 0.25) is 0 Å². The highest BCUT2D eigenvalue weighted by Gasteiger charge is 2.07. The first-order chi connectivity index (χ1) is 9.15. The summed E-state index contributed by atoms with van der Waals surface area (Å²) in [5, 5.41) is 3.32. The van der Waals surface area contributed by atoms with Crippen molar-refractivity contribution in [1.82, 2.24) is 5.32 Å². The van der Waals surface area contributed by atoms with E-state index in [-0.39, 0.29) is 0 Å². The van der Waals surface area contributed by atoms with Gasteiger partial charge in [0.25, 0.3) is 0 Å². The number of benzene rings is 1. The molecule has 1 aromatic rings. The van der Waals surface area contributed by atoms with E-state index in [0.717, 1.165) is 38.5 Å². The summed E-state index contributed by atoms with van der Waals surface area (Å²) >= 11 is 0. The molecule has 0 aliphatic carbocycles. The van der Waals surface area contributed by atoms with Crippen LogP contribution in [0.4, 0.5) is 0 Å². The molecule has 0 saturated carbocycles. The standard InChI is InChI=1S/C16H27NO2/c1-13(2)15-7-6-14(3)12-16(15)19-10-5-8-17-9-11-18-4/h6-7,12-13,17H,5,8-11H2,1-4H3. The van der Waals surface area contributed by atoms with Gasteiger partial charge in [0.15, 0.2) is 0 Å². The van der Waals surface area contributed by atoms with E-state index in [2.05, 4.69) is 44.3 Å². The van der Waals surface area contributed by atoms with Crippen molar-refractivity contribution in [2.45, 2.75) is 33.1 Å². The van der Waals surface area contributed by atoms with Crippen molar-refractivity contribution in [2.24, 2.45) is 0 Å². The van der Waals surface area contributed by atoms with Gasteiger partial charge in [0.05, 0.1) is 13.2 Å². The third-order valence-corrected chi connectivity index (χ3v) is 3.03. The predicted molar refractivity (Wildman–Crippen MR) is 80.1 cm³/mol. The molecule has 0 atom stereocenters. The van der Waals surface area contributed by atoms with E-state index < -0.39 is 0 Å². The Morgan fingerprint density at radius 1 is 1.16 bits per heavy atom. The lowest BCUT2D eigenvalue weighted by atomic mass is 10.0. The Kier molecular flexibility index (Phi) is 7.53. The molecular formula is C16H27NO2. The second kappa shape index (κ2) is 8.94. The van der Waals surface area contributed by atoms with E-state index in [1.165, 1.54) is 11.1 Å². The van der Waals surface area contributed by atoms with E-state index in [1.54, 1.807) is 7.11 Å². The minimum atomic E-state index is 0.496. The summed E-state index contributed by atoms with van der Waals surface area (Å²) in [6.45, 7) is 9.88. The molecule has 1 aromatic carbocycles. The van der Waals surface area contributed by atoms with Crippen molar-refractivity contribution >= 4 is 0 Å². The van der Waals surface area contributed by atoms with Crippen LogP contribution in [0.25, 0.3) is 0 Å². The van der Waals surface area contributed by atoms with E-state index >= 15 is 0 Å². The van der Waals surface area contributed by atoms with Gasteiger partial charge in [-0.2, -0.15) is 0 Å². The number of aryl methyl sites for hydroxylation is 1. The van der Waals surface area contributed by atoms with Crippen LogP contribution in [0.3, 0.4) is 0 Å². The smallest absolute Gasteiger partial charge is 0.122 e. The summed E-state index contributed by atoms with van der Waals surface area (Å²) in [6.07, 6.45) is 1.01. The average Bonchev–Trinajstić information content (AvgIpc) is 2.37. The van der Waals surface area contributed by atoms with Crippen LogP contribution in [0.15, 0.2) is 18.2 Å². The molecule has 0 aromatic heterocycles. The van der Waals surface area contributed by atoms with E-state index in [0.29, 0.717) is 5.92 Å². The first-order valence-corrected chi connectivity index (χ1v) is 7.08. The van der Waals surface area contributed by atoms with Crippen molar-refractivity contribution in [2.75, 3.05) is 33.4 Å². The second-order valence-corrected chi connectivity index (χ2v) is 5.14. The molecule has 0 aliphatic rings. The van der Waals surface area contributed by atoms with Gasteiger partial charge in [-0.1, -0.05) is 26.0 Å². The van der Waals surface area contributed by atoms with Gasteiger partial charge in [0, 0.05) is 13.7 Å². The summed E-state index contributed by atoms with van der Waals surface area (Å²) < 4.78 is 10.9. The van der Waals surface area contributed by atoms with Crippen LogP contribution in [0.1, 0.15) is 37.3 Å². The molecule has 108 valence electrons. The maximum atomic E-state index is 5.91. The molecule has 0 saturated heterocycles. The van der Waals surface area contributed by atoms with E-state index in [9.17, 15) is 0 Å². The molecule has 0 aliphatic heterocycles. The van der Waals surface area contributed by atoms with Gasteiger partial charge in [0.1, 0.15) is 5.75 Å². The predicted octanol–water partition coefficient (Wildman–Crippen LogP) is 3.12. The van der Waals surface area contributed by atoms with Crippen molar-refractivity contribution in [3.8, 4) is 5.75 Å². The van der Waals surface area contributed by atoms with E-state index in [4.69, 9.17) is 9.47 Å². The molecule has 0 spiro atoms. The fourth-order valence-electron chi connectivity index (χ4n) is 1.92. The molecule has 0 fully saturated rings. The average molecular weight is 265 g/mol. The zero-order chi connectivity index (χ0) is 14.1. The normalized spacial score (nSPS) is 11.0. The molecule has 0 radical (unpaired) electrons. The van der Waals surface area contributed by atoms with Crippen molar-refractivity contribution in [3.05, 3.63) is 29.3 Å². The van der Waals surface area contributed by atoms with Gasteiger partial charge in [-0.3, -0.25) is 0 Å². The number of hydrogen-bond donors (Lipinski definition) is 1. The zero-order valence-corrected chi connectivity index (χ0v) is 12.7. The summed E-state index contributed by atoms with van der Waals surface area (Å²) in [5.74, 6) is 1.53. The SMILES string of the molecule is COCCNCCCOc1cc(C)ccc1C(C)C. The third kappa shape index (κ3) is 6.08. The number of hydrogen-bond acceptors (Lipinski definition) is 3. The first-order valence-electron chi connectivity index (χ1n) is 7.08. The minimum absolute atomic E-state index is 0.496. The lowest BCUT2D eigenvalue weighted by Gasteiger charge is -2.15. The molecule has 3 heteroatoms. The highest BCUT2D eigenvalue weighted by molar-refractivity contribution is 5.39. The summed E-state index contributed by atoms with van der Waals surface area (Å²) in [4.78, 5) is 0. The molecule has 1 N–H and O–H groups in total. The monoisotopic (exact) mass is 265 g/mol. The number of rotatable bonds is 9. The number of nitrogens with one attached hydrogen (secondary N) is 1. The molecule has 0 heterocycles. The Bertz CT molecular complexity index is 364. The Balaban J connectivity index is 2.34. The third-order valence-electron chi connectivity index (χ3n) is 3.03. The summed E-state index contributed by atoms with van der Waals surface area (Å²) in [7, 11) is 1.72. The fraction of sp³-hybridized carbons (Fsp3) is 0.625. The number of methoxy groups -OCH3 is 1. The molecule has 1 rings (SSSR count). The van der Waals surface area contributed by atoms with Gasteiger partial charge in [0.2, 0.25) is 0 Å². The Hall–Kier alpha value is -1.06. The lowest BCUT2D eigenvalue weighted by Crippen LogP contribution is -2.21. The molecule has 0 bridgehead atoms. The quantitative estimate of drug-likeness (QED) is 0.696. The minimum Gasteiger partial charge on any atom is -0.493 e. The highest BCUT2D eigenvalue weighted by Crippen LogP contribution is 2.27. The largest absolute Gasteiger partial charge is 0.493 e. The van der Waals surface area contributed by atoms with Crippen LogP contribution in [0, 0.1) is 6.92 Å². The van der Waals surface area contributed by atoms with Crippen LogP contribution in [-0.4, -0.2) is 33.4 Å². The fourth-order valence-corrected chi connectivity index (χ4v) is 1.92. The van der Waals surface area contributed by atoms with Crippen LogP contribution < -0.4 is 10.1 Å². The molecule has 19 heavy (non-hydrogen) atoms. The van der Waals surface area contributed by atoms with Crippen molar-refractivity contribution < 1.29 is 9.47 Å². The Labute approximate surface area is 117 Å². The molecule has 0 unspecified atom stereocenters. The lowest BCUT2D eigenvalue weighted by molar-refractivity contribution is 0.198. The van der Waals surface area contributed by atoms with Crippen molar-refractivity contribution in [1.29, 1.82) is 0 Å². The van der Waals surface area contributed by atoms with Gasteiger partial charge >= 0.3 is 0 Å². The first kappa shape index (κ1) is 16.0. The second-order valence-electron chi connectivity index (χ2n) is 5.14. The Morgan fingerprint density at radius 3 is 2.63 bits per heavy atom. The molecule has 3 nitrogen and oxygen atoms in total. The highest BCUT2D eigenvalue weighted by atomic mass is 16.5. The molecule has 0 amide bonds. The summed E-state index contributed by atoms with van der Waals surface area (Å²) in [5.41, 5.74) is 2.54. The van der Waals surface area contributed by atoms with Gasteiger partial charge in [-0.15, -0.1) is 0 Å². The van der Waals surface area contributed by atoms with Crippen LogP contribution in [0.5, 0.6) is 5.75 Å². The van der Waals surface area contributed by atoms with Crippen LogP contribution >= 0.6 is 0 Å². The van der Waals surface area contributed by atoms with Gasteiger partial charge in [-0.25, -0.2) is 0 Å². The summed E-state index contributed by atoms with van der Waals surface area (Å²) in [6, 6.07) is 6.45. The van der Waals surface area contributed by atoms with Crippen LogP contribution in [-0.2, 0) is 4.74 Å². The Morgan fingerprint density at radius 2 is 1.95 bits per heavy atom. The topological polar surface area (TPSA) is 30.5 Å². The van der Waals surface area contributed by atoms with Gasteiger partial charge in [-0.05, 0) is 43.0 Å². The van der Waals surface area contributed by atoms with E-state index in [1.807, 2.05) is 0 Å². The van der Waals surface area contributed by atoms with Crippen molar-refractivity contribution in [3.63, 3.8) is 0 Å². The molecular weight excluding hydrogens is 238 g/mol. The maximum Gasteiger partial charge on any atom is 0.122 e. The maximum absolute atomic E-state index is 5.91.